The molecule has 0 spiro atoms. The fraction of sp³-hybridized carbons (Fsp3) is 1.00. The van der Waals surface area contributed by atoms with Gasteiger partial charge in [0, 0.05) is 13.1 Å². The van der Waals surface area contributed by atoms with Crippen molar-refractivity contribution < 1.29 is 4.74 Å². The van der Waals surface area contributed by atoms with Gasteiger partial charge in [0.1, 0.15) is 0 Å². The van der Waals surface area contributed by atoms with Crippen LogP contribution in [0, 0.1) is 11.8 Å². The molecule has 1 saturated heterocycles. The Morgan fingerprint density at radius 2 is 1.94 bits per heavy atom. The van der Waals surface area contributed by atoms with E-state index in [1.165, 1.54) is 38.5 Å². The van der Waals surface area contributed by atoms with Crippen molar-refractivity contribution in [3.8, 4) is 0 Å². The Hall–Kier alpha value is -0.0800. The van der Waals surface area contributed by atoms with Crippen LogP contribution in [0.4, 0.5) is 0 Å². The average Bonchev–Trinajstić information content (AvgIpc) is 2.30. The normalized spacial score (nSPS) is 36.4. The quantitative estimate of drug-likeness (QED) is 0.815. The number of nitrogens with one attached hydrogen (secondary N) is 1. The first-order valence-electron chi connectivity index (χ1n) is 7.49. The largest absolute Gasteiger partial charge is 0.369 e. The van der Waals surface area contributed by atoms with E-state index in [9.17, 15) is 0 Å². The molecule has 1 saturated carbocycles. The molecule has 0 aromatic heterocycles. The number of ether oxygens (including phenoxy) is 1. The summed E-state index contributed by atoms with van der Waals surface area (Å²) in [7, 11) is 0. The van der Waals surface area contributed by atoms with Crippen molar-refractivity contribution in [2.24, 2.45) is 11.8 Å². The van der Waals surface area contributed by atoms with Crippen molar-refractivity contribution in [1.82, 2.24) is 5.32 Å². The molecule has 0 bridgehead atoms. The van der Waals surface area contributed by atoms with Gasteiger partial charge in [0.2, 0.25) is 0 Å². The van der Waals surface area contributed by atoms with Gasteiger partial charge in [-0.25, -0.2) is 0 Å². The van der Waals surface area contributed by atoms with Gasteiger partial charge in [-0.15, -0.1) is 0 Å². The van der Waals surface area contributed by atoms with Crippen molar-refractivity contribution >= 4 is 0 Å². The molecule has 2 aliphatic rings. The standard InChI is InChI=1S/C15H29NO/c1-12(2)15(3)11-16-10-14(17-15)9-13-7-5-4-6-8-13/h12-14,16H,4-11H2,1-3H3. The minimum Gasteiger partial charge on any atom is -0.369 e. The Labute approximate surface area is 107 Å². The second-order valence-corrected chi connectivity index (χ2v) is 6.58. The predicted octanol–water partition coefficient (Wildman–Crippen LogP) is 3.36. The van der Waals surface area contributed by atoms with E-state index in [-0.39, 0.29) is 5.60 Å². The van der Waals surface area contributed by atoms with Crippen molar-refractivity contribution in [3.63, 3.8) is 0 Å². The molecule has 2 atom stereocenters. The lowest BCUT2D eigenvalue weighted by atomic mass is 9.84. The topological polar surface area (TPSA) is 21.3 Å². The summed E-state index contributed by atoms with van der Waals surface area (Å²) < 4.78 is 6.38. The Bertz CT molecular complexity index is 235. The van der Waals surface area contributed by atoms with Gasteiger partial charge in [0.25, 0.3) is 0 Å². The van der Waals surface area contributed by atoms with Crippen LogP contribution in [0.25, 0.3) is 0 Å². The summed E-state index contributed by atoms with van der Waals surface area (Å²) in [4.78, 5) is 0. The summed E-state index contributed by atoms with van der Waals surface area (Å²) in [5, 5.41) is 3.57. The predicted molar refractivity (Wildman–Crippen MR) is 72.2 cm³/mol. The van der Waals surface area contributed by atoms with Gasteiger partial charge in [-0.3, -0.25) is 0 Å². The smallest absolute Gasteiger partial charge is 0.0805 e. The second-order valence-electron chi connectivity index (χ2n) is 6.58. The minimum absolute atomic E-state index is 0.0393. The molecular formula is C15H29NO. The fourth-order valence-corrected chi connectivity index (χ4v) is 3.21. The first kappa shape index (κ1) is 13.4. The first-order chi connectivity index (χ1) is 8.10. The van der Waals surface area contributed by atoms with Crippen LogP contribution in [0.2, 0.25) is 0 Å². The van der Waals surface area contributed by atoms with Crippen LogP contribution in [-0.4, -0.2) is 24.8 Å². The highest BCUT2D eigenvalue weighted by molar-refractivity contribution is 4.88. The number of hydrogen-bond acceptors (Lipinski definition) is 2. The zero-order valence-corrected chi connectivity index (χ0v) is 11.8. The summed E-state index contributed by atoms with van der Waals surface area (Å²) in [6.45, 7) is 8.86. The van der Waals surface area contributed by atoms with E-state index < -0.39 is 0 Å². The molecule has 0 aromatic rings. The number of morpholine rings is 1. The zero-order chi connectivity index (χ0) is 12.3. The third-order valence-electron chi connectivity index (χ3n) is 4.83. The molecule has 17 heavy (non-hydrogen) atoms. The Morgan fingerprint density at radius 3 is 2.59 bits per heavy atom. The lowest BCUT2D eigenvalue weighted by Gasteiger charge is -2.43. The monoisotopic (exact) mass is 239 g/mol. The summed E-state index contributed by atoms with van der Waals surface area (Å²) in [6.07, 6.45) is 8.90. The zero-order valence-electron chi connectivity index (χ0n) is 11.8. The van der Waals surface area contributed by atoms with Gasteiger partial charge >= 0.3 is 0 Å². The Balaban J connectivity index is 1.84. The van der Waals surface area contributed by atoms with Gasteiger partial charge in [-0.2, -0.15) is 0 Å². The van der Waals surface area contributed by atoms with Crippen LogP contribution in [0.1, 0.15) is 59.3 Å². The molecule has 2 heteroatoms. The Morgan fingerprint density at radius 1 is 1.24 bits per heavy atom. The minimum atomic E-state index is 0.0393. The SMILES string of the molecule is CC(C)C1(C)CNCC(CC2CCCCC2)O1. The number of rotatable bonds is 3. The third kappa shape index (κ3) is 3.45. The van der Waals surface area contributed by atoms with Crippen LogP contribution in [0.15, 0.2) is 0 Å². The highest BCUT2D eigenvalue weighted by atomic mass is 16.5. The third-order valence-corrected chi connectivity index (χ3v) is 4.83. The second kappa shape index (κ2) is 5.71. The molecule has 0 amide bonds. The van der Waals surface area contributed by atoms with Crippen LogP contribution in [-0.2, 0) is 4.74 Å². The van der Waals surface area contributed by atoms with E-state index in [1.54, 1.807) is 0 Å². The lowest BCUT2D eigenvalue weighted by Crippen LogP contribution is -2.55. The van der Waals surface area contributed by atoms with Crippen molar-refractivity contribution in [2.45, 2.75) is 71.0 Å². The van der Waals surface area contributed by atoms with E-state index in [0.717, 1.165) is 19.0 Å². The van der Waals surface area contributed by atoms with E-state index in [4.69, 9.17) is 4.74 Å². The van der Waals surface area contributed by atoms with Gasteiger partial charge in [-0.1, -0.05) is 46.0 Å². The van der Waals surface area contributed by atoms with Gasteiger partial charge in [0.05, 0.1) is 11.7 Å². The maximum Gasteiger partial charge on any atom is 0.0805 e. The fourth-order valence-electron chi connectivity index (χ4n) is 3.21. The van der Waals surface area contributed by atoms with Crippen LogP contribution in [0.5, 0.6) is 0 Å². The van der Waals surface area contributed by atoms with Gasteiger partial charge in [-0.05, 0) is 25.2 Å². The highest BCUT2D eigenvalue weighted by Gasteiger charge is 2.36. The van der Waals surface area contributed by atoms with Crippen LogP contribution < -0.4 is 5.32 Å². The first-order valence-corrected chi connectivity index (χ1v) is 7.49. The molecule has 1 aliphatic heterocycles. The molecule has 0 radical (unpaired) electrons. The lowest BCUT2D eigenvalue weighted by molar-refractivity contribution is -0.136. The van der Waals surface area contributed by atoms with Crippen molar-refractivity contribution in [2.75, 3.05) is 13.1 Å². The summed E-state index contributed by atoms with van der Waals surface area (Å²) in [5.41, 5.74) is 0.0393. The average molecular weight is 239 g/mol. The van der Waals surface area contributed by atoms with Crippen molar-refractivity contribution in [3.05, 3.63) is 0 Å². The van der Waals surface area contributed by atoms with E-state index in [1.807, 2.05) is 0 Å². The van der Waals surface area contributed by atoms with Gasteiger partial charge < -0.3 is 10.1 Å². The van der Waals surface area contributed by atoms with E-state index in [0.29, 0.717) is 12.0 Å². The highest BCUT2D eigenvalue weighted by Crippen LogP contribution is 2.32. The van der Waals surface area contributed by atoms with E-state index in [2.05, 4.69) is 26.1 Å². The summed E-state index contributed by atoms with van der Waals surface area (Å²) in [6, 6.07) is 0. The molecule has 0 aromatic carbocycles. The molecule has 100 valence electrons. The molecule has 2 rings (SSSR count). The summed E-state index contributed by atoms with van der Waals surface area (Å²) in [5.74, 6) is 1.51. The maximum atomic E-state index is 6.38. The molecule has 2 unspecified atom stereocenters. The molecule has 2 fully saturated rings. The van der Waals surface area contributed by atoms with Crippen LogP contribution >= 0.6 is 0 Å². The summed E-state index contributed by atoms with van der Waals surface area (Å²) >= 11 is 0. The van der Waals surface area contributed by atoms with E-state index >= 15 is 0 Å². The Kier molecular flexibility index (Phi) is 4.48. The molecule has 1 aliphatic carbocycles. The molecular weight excluding hydrogens is 210 g/mol. The van der Waals surface area contributed by atoms with Gasteiger partial charge in [0.15, 0.2) is 0 Å². The molecule has 1 heterocycles. The van der Waals surface area contributed by atoms with Crippen LogP contribution in [0.3, 0.4) is 0 Å². The molecule has 1 N–H and O–H groups in total. The van der Waals surface area contributed by atoms with Crippen molar-refractivity contribution in [1.29, 1.82) is 0 Å². The molecule has 2 nitrogen and oxygen atoms in total. The maximum absolute atomic E-state index is 6.38. The number of hydrogen-bond donors (Lipinski definition) is 1.